The summed E-state index contributed by atoms with van der Waals surface area (Å²) in [5.74, 6) is 0.751. The summed E-state index contributed by atoms with van der Waals surface area (Å²) in [5.41, 5.74) is 1.87. The molecule has 35 heavy (non-hydrogen) atoms. The van der Waals surface area contributed by atoms with Gasteiger partial charge in [-0.05, 0) is 62.5 Å². The van der Waals surface area contributed by atoms with Crippen molar-refractivity contribution < 1.29 is 23.8 Å². The van der Waals surface area contributed by atoms with E-state index in [1.807, 2.05) is 56.5 Å². The van der Waals surface area contributed by atoms with Crippen molar-refractivity contribution in [1.82, 2.24) is 4.90 Å². The highest BCUT2D eigenvalue weighted by molar-refractivity contribution is 9.10. The SMILES string of the molecule is CCOc1cc(C(=O)N2CC(=O)Nc3ccc(Br)cc3C2c2cccs2)cc(OCC)c1OCC. The summed E-state index contributed by atoms with van der Waals surface area (Å²) in [5, 5.41) is 4.91. The first-order valence-electron chi connectivity index (χ1n) is 11.5. The van der Waals surface area contributed by atoms with Crippen molar-refractivity contribution in [2.45, 2.75) is 26.8 Å². The average molecular weight is 559 g/mol. The molecular formula is C26H27BrN2O5S. The number of hydrogen-bond donors (Lipinski definition) is 1. The Hall–Kier alpha value is -3.04. The van der Waals surface area contributed by atoms with E-state index in [0.717, 1.165) is 14.9 Å². The zero-order chi connectivity index (χ0) is 24.9. The van der Waals surface area contributed by atoms with Crippen LogP contribution in [0.25, 0.3) is 0 Å². The van der Waals surface area contributed by atoms with Crippen molar-refractivity contribution in [3.05, 3.63) is 68.3 Å². The van der Waals surface area contributed by atoms with Gasteiger partial charge >= 0.3 is 0 Å². The summed E-state index contributed by atoms with van der Waals surface area (Å²) in [6, 6.07) is 12.5. The van der Waals surface area contributed by atoms with E-state index in [2.05, 4.69) is 21.2 Å². The Bertz CT molecular complexity index is 1190. The predicted molar refractivity (Wildman–Crippen MR) is 140 cm³/mol. The maximum absolute atomic E-state index is 14.1. The van der Waals surface area contributed by atoms with E-state index in [9.17, 15) is 9.59 Å². The minimum atomic E-state index is -0.452. The van der Waals surface area contributed by atoms with Gasteiger partial charge in [0, 0.05) is 26.2 Å². The van der Waals surface area contributed by atoms with Gasteiger partial charge in [0.2, 0.25) is 11.7 Å². The van der Waals surface area contributed by atoms with Crippen LogP contribution >= 0.6 is 27.3 Å². The lowest BCUT2D eigenvalue weighted by Gasteiger charge is -2.30. The van der Waals surface area contributed by atoms with Crippen LogP contribution in [0.4, 0.5) is 5.69 Å². The van der Waals surface area contributed by atoms with Crippen molar-refractivity contribution in [3.63, 3.8) is 0 Å². The lowest BCUT2D eigenvalue weighted by molar-refractivity contribution is -0.117. The minimum Gasteiger partial charge on any atom is -0.490 e. The van der Waals surface area contributed by atoms with Crippen molar-refractivity contribution in [2.24, 2.45) is 0 Å². The van der Waals surface area contributed by atoms with E-state index in [0.29, 0.717) is 48.3 Å². The Morgan fingerprint density at radius 1 is 1.06 bits per heavy atom. The van der Waals surface area contributed by atoms with Crippen molar-refractivity contribution in [1.29, 1.82) is 0 Å². The van der Waals surface area contributed by atoms with E-state index in [4.69, 9.17) is 14.2 Å². The van der Waals surface area contributed by atoms with E-state index >= 15 is 0 Å². The maximum Gasteiger partial charge on any atom is 0.255 e. The van der Waals surface area contributed by atoms with Crippen LogP contribution in [0.15, 0.2) is 52.3 Å². The lowest BCUT2D eigenvalue weighted by atomic mass is 10.0. The molecular weight excluding hydrogens is 532 g/mol. The monoisotopic (exact) mass is 558 g/mol. The first-order valence-corrected chi connectivity index (χ1v) is 13.1. The molecule has 2 aromatic carbocycles. The van der Waals surface area contributed by atoms with Crippen LogP contribution in [0.1, 0.15) is 47.6 Å². The van der Waals surface area contributed by atoms with Crippen molar-refractivity contribution in [2.75, 3.05) is 31.7 Å². The van der Waals surface area contributed by atoms with Gasteiger partial charge in [-0.25, -0.2) is 0 Å². The van der Waals surface area contributed by atoms with Crippen LogP contribution in [0.5, 0.6) is 17.2 Å². The van der Waals surface area contributed by atoms with Crippen LogP contribution in [0, 0.1) is 0 Å². The van der Waals surface area contributed by atoms with Gasteiger partial charge in [0.1, 0.15) is 6.54 Å². The second-order valence-electron chi connectivity index (χ2n) is 7.73. The molecule has 9 heteroatoms. The summed E-state index contributed by atoms with van der Waals surface area (Å²) < 4.78 is 18.3. The van der Waals surface area contributed by atoms with Crippen molar-refractivity contribution >= 4 is 44.8 Å². The first kappa shape index (κ1) is 25.1. The van der Waals surface area contributed by atoms with E-state index in [1.54, 1.807) is 17.0 Å². The molecule has 0 aliphatic carbocycles. The smallest absolute Gasteiger partial charge is 0.255 e. The predicted octanol–water partition coefficient (Wildman–Crippen LogP) is 5.89. The Morgan fingerprint density at radius 2 is 1.74 bits per heavy atom. The van der Waals surface area contributed by atoms with Crippen LogP contribution in [-0.2, 0) is 4.79 Å². The van der Waals surface area contributed by atoms with Gasteiger partial charge in [0.15, 0.2) is 11.5 Å². The maximum atomic E-state index is 14.1. The molecule has 0 fully saturated rings. The molecule has 1 aliphatic rings. The Balaban J connectivity index is 1.85. The number of anilines is 1. The first-order chi connectivity index (χ1) is 17.0. The second-order valence-corrected chi connectivity index (χ2v) is 9.63. The number of amides is 2. The van der Waals surface area contributed by atoms with Gasteiger partial charge in [-0.3, -0.25) is 9.59 Å². The third-order valence-corrected chi connectivity index (χ3v) is 6.86. The number of halogens is 1. The standard InChI is InChI=1S/C26H27BrN2O5S/c1-4-32-20-12-16(13-21(33-5-2)25(20)34-6-3)26(31)29-15-23(30)28-19-10-9-17(27)14-18(19)24(29)22-8-7-11-35-22/h7-14,24H,4-6,15H2,1-3H3,(H,28,30). The van der Waals surface area contributed by atoms with E-state index in [-0.39, 0.29) is 18.4 Å². The Labute approximate surface area is 217 Å². The highest BCUT2D eigenvalue weighted by Gasteiger charge is 2.35. The van der Waals surface area contributed by atoms with Gasteiger partial charge in [-0.1, -0.05) is 22.0 Å². The number of benzene rings is 2. The number of hydrogen-bond acceptors (Lipinski definition) is 6. The molecule has 1 N–H and O–H groups in total. The largest absolute Gasteiger partial charge is 0.490 e. The summed E-state index contributed by atoms with van der Waals surface area (Å²) in [4.78, 5) is 29.5. The van der Waals surface area contributed by atoms with Crippen LogP contribution in [0.3, 0.4) is 0 Å². The van der Waals surface area contributed by atoms with Crippen LogP contribution in [0.2, 0.25) is 0 Å². The molecule has 1 unspecified atom stereocenters. The Kier molecular flexibility index (Phi) is 7.97. The average Bonchev–Trinajstić information content (AvgIpc) is 3.31. The molecule has 4 rings (SSSR count). The number of fused-ring (bicyclic) bond motifs is 1. The minimum absolute atomic E-state index is 0.102. The van der Waals surface area contributed by atoms with E-state index in [1.165, 1.54) is 11.3 Å². The lowest BCUT2D eigenvalue weighted by Crippen LogP contribution is -2.38. The molecule has 0 bridgehead atoms. The quantitative estimate of drug-likeness (QED) is 0.373. The van der Waals surface area contributed by atoms with Gasteiger partial charge < -0.3 is 24.4 Å². The number of nitrogens with zero attached hydrogens (tertiary/aromatic N) is 1. The number of rotatable bonds is 8. The highest BCUT2D eigenvalue weighted by Crippen LogP contribution is 2.42. The van der Waals surface area contributed by atoms with Gasteiger partial charge in [0.25, 0.3) is 5.91 Å². The molecule has 1 aliphatic heterocycles. The number of carbonyl (C=O) groups is 2. The van der Waals surface area contributed by atoms with E-state index < -0.39 is 6.04 Å². The zero-order valence-electron chi connectivity index (χ0n) is 19.8. The van der Waals surface area contributed by atoms with Crippen molar-refractivity contribution in [3.8, 4) is 17.2 Å². The summed E-state index contributed by atoms with van der Waals surface area (Å²) in [6.45, 7) is 6.72. The van der Waals surface area contributed by atoms with Gasteiger partial charge in [-0.15, -0.1) is 11.3 Å². The number of ether oxygens (including phenoxy) is 3. The molecule has 1 atom stereocenters. The third-order valence-electron chi connectivity index (χ3n) is 5.44. The van der Waals surface area contributed by atoms with Crippen LogP contribution < -0.4 is 19.5 Å². The fraction of sp³-hybridized carbons (Fsp3) is 0.308. The number of carbonyl (C=O) groups excluding carboxylic acids is 2. The summed E-state index contributed by atoms with van der Waals surface area (Å²) in [6.07, 6.45) is 0. The molecule has 0 saturated carbocycles. The molecule has 1 aromatic heterocycles. The second kappa shape index (κ2) is 11.1. The molecule has 2 heterocycles. The number of nitrogens with one attached hydrogen (secondary N) is 1. The molecule has 0 saturated heterocycles. The normalized spacial score (nSPS) is 15.1. The van der Waals surface area contributed by atoms with Gasteiger partial charge in [0.05, 0.1) is 25.9 Å². The summed E-state index contributed by atoms with van der Waals surface area (Å²) in [7, 11) is 0. The number of thiophene rings is 1. The molecule has 2 amide bonds. The molecule has 0 radical (unpaired) electrons. The summed E-state index contributed by atoms with van der Waals surface area (Å²) >= 11 is 5.08. The van der Waals surface area contributed by atoms with Gasteiger partial charge in [-0.2, -0.15) is 0 Å². The molecule has 184 valence electrons. The molecule has 7 nitrogen and oxygen atoms in total. The highest BCUT2D eigenvalue weighted by atomic mass is 79.9. The Morgan fingerprint density at radius 3 is 2.34 bits per heavy atom. The fourth-order valence-electron chi connectivity index (χ4n) is 4.10. The third kappa shape index (κ3) is 5.31. The zero-order valence-corrected chi connectivity index (χ0v) is 22.2. The molecule has 0 spiro atoms. The fourth-order valence-corrected chi connectivity index (χ4v) is 5.33. The topological polar surface area (TPSA) is 77.1 Å². The van der Waals surface area contributed by atoms with Crippen LogP contribution in [-0.4, -0.2) is 43.1 Å². The molecule has 3 aromatic rings.